The van der Waals surface area contributed by atoms with Crippen molar-refractivity contribution in [2.75, 3.05) is 20.3 Å². The monoisotopic (exact) mass is 692 g/mol. The number of fused-ring (bicyclic) bond motifs is 1. The number of carbonyl (C=O) groups excluding carboxylic acids is 2. The number of thiazole rings is 1. The quantitative estimate of drug-likeness (QED) is 0.134. The minimum atomic E-state index is -0.894. The number of aromatic nitrogens is 3. The van der Waals surface area contributed by atoms with Crippen molar-refractivity contribution in [1.82, 2.24) is 14.3 Å². The number of benzene rings is 3. The summed E-state index contributed by atoms with van der Waals surface area (Å²) in [4.78, 5) is 44.7. The number of nitrogens with zero attached hydrogens (tertiary/aromatic N) is 4. The molecule has 0 radical (unpaired) electrons. The number of methoxy groups -OCH3 is 1. The van der Waals surface area contributed by atoms with E-state index in [0.717, 1.165) is 23.4 Å². The van der Waals surface area contributed by atoms with Gasteiger partial charge in [-0.3, -0.25) is 14.2 Å². The Balaban J connectivity index is 1.52. The van der Waals surface area contributed by atoms with Gasteiger partial charge in [0.1, 0.15) is 11.4 Å². The van der Waals surface area contributed by atoms with Gasteiger partial charge in [0.25, 0.3) is 5.56 Å². The number of hydrogen-bond acceptors (Lipinski definition) is 10. The van der Waals surface area contributed by atoms with E-state index in [1.165, 1.54) is 29.9 Å². The Morgan fingerprint density at radius 1 is 1.00 bits per heavy atom. The molecule has 0 bridgehead atoms. The van der Waals surface area contributed by atoms with Gasteiger partial charge in [-0.15, -0.1) is 0 Å². The zero-order valence-electron chi connectivity index (χ0n) is 28.3. The second-order valence-electron chi connectivity index (χ2n) is 11.4. The minimum absolute atomic E-state index is 0.140. The van der Waals surface area contributed by atoms with Gasteiger partial charge in [-0.05, 0) is 80.4 Å². The van der Waals surface area contributed by atoms with Gasteiger partial charge in [0.2, 0.25) is 0 Å². The van der Waals surface area contributed by atoms with Crippen molar-refractivity contribution in [3.05, 3.63) is 121 Å². The third kappa shape index (κ3) is 6.88. The maximum atomic E-state index is 14.4. The van der Waals surface area contributed by atoms with Crippen LogP contribution in [-0.4, -0.2) is 46.6 Å². The van der Waals surface area contributed by atoms with Gasteiger partial charge in [-0.2, -0.15) is 5.10 Å². The zero-order chi connectivity index (χ0) is 35.4. The summed E-state index contributed by atoms with van der Waals surface area (Å²) in [6.07, 6.45) is 4.59. The molecule has 6 rings (SSSR count). The Labute approximate surface area is 292 Å². The molecule has 2 aromatic heterocycles. The second kappa shape index (κ2) is 14.8. The van der Waals surface area contributed by atoms with Gasteiger partial charge in [-0.1, -0.05) is 42.5 Å². The summed E-state index contributed by atoms with van der Waals surface area (Å²) in [5, 5.41) is 4.93. The number of esters is 2. The number of rotatable bonds is 11. The molecule has 3 heterocycles. The summed E-state index contributed by atoms with van der Waals surface area (Å²) in [5.74, 6) is 0.138. The second-order valence-corrected chi connectivity index (χ2v) is 12.4. The van der Waals surface area contributed by atoms with Gasteiger partial charge in [0.15, 0.2) is 16.3 Å². The number of ether oxygens (including phenoxy) is 4. The number of hydrogen-bond donors (Lipinski definition) is 0. The largest absolute Gasteiger partial charge is 0.494 e. The van der Waals surface area contributed by atoms with Crippen LogP contribution < -0.4 is 29.1 Å². The highest BCUT2D eigenvalue weighted by molar-refractivity contribution is 7.07. The molecule has 11 nitrogen and oxygen atoms in total. The molecule has 50 heavy (non-hydrogen) atoms. The van der Waals surface area contributed by atoms with E-state index in [1.807, 2.05) is 60.8 Å². The van der Waals surface area contributed by atoms with Crippen LogP contribution in [0.1, 0.15) is 51.3 Å². The maximum Gasteiger partial charge on any atom is 0.338 e. The number of para-hydroxylation sites is 1. The van der Waals surface area contributed by atoms with E-state index < -0.39 is 18.0 Å². The van der Waals surface area contributed by atoms with E-state index >= 15 is 0 Å². The zero-order valence-corrected chi connectivity index (χ0v) is 29.2. The first-order valence-corrected chi connectivity index (χ1v) is 17.0. The van der Waals surface area contributed by atoms with Crippen LogP contribution in [0.4, 0.5) is 0 Å². The summed E-state index contributed by atoms with van der Waals surface area (Å²) in [7, 11) is 1.45. The molecular formula is C38H36N4O7S. The standard InChI is InChI=1S/C38H36N4O7S/c1-6-19-48-29-16-13-25(14-17-29)34-27(22-41(40-34)28-11-9-8-10-12-28)21-32-36(44)42-35(26-15-18-30(49-24(4)43)31(20-26)46-5)33(37(45)47-7-2)23(3)39-38(42)50-32/h8-18,20-22,35H,6-7,19H2,1-5H3/b32-21+/t35-/m0/s1. The average molecular weight is 693 g/mol. The van der Waals surface area contributed by atoms with Crippen molar-refractivity contribution >= 4 is 29.4 Å². The number of allylic oxidation sites excluding steroid dienone is 1. The molecule has 0 fully saturated rings. The first-order valence-electron chi connectivity index (χ1n) is 16.2. The Morgan fingerprint density at radius 3 is 2.44 bits per heavy atom. The summed E-state index contributed by atoms with van der Waals surface area (Å²) in [6.45, 7) is 7.55. The molecule has 0 saturated heterocycles. The molecule has 3 aromatic carbocycles. The van der Waals surface area contributed by atoms with Crippen molar-refractivity contribution in [2.45, 2.75) is 40.2 Å². The summed E-state index contributed by atoms with van der Waals surface area (Å²) < 4.78 is 25.7. The van der Waals surface area contributed by atoms with E-state index in [1.54, 1.807) is 42.8 Å². The fourth-order valence-corrected chi connectivity index (χ4v) is 6.74. The van der Waals surface area contributed by atoms with E-state index in [9.17, 15) is 14.4 Å². The molecule has 0 amide bonds. The van der Waals surface area contributed by atoms with Crippen LogP contribution in [0.5, 0.6) is 17.2 Å². The maximum absolute atomic E-state index is 14.4. The van der Waals surface area contributed by atoms with Crippen molar-refractivity contribution in [3.8, 4) is 34.2 Å². The normalized spacial score (nSPS) is 14.2. The van der Waals surface area contributed by atoms with E-state index in [2.05, 4.69) is 6.92 Å². The van der Waals surface area contributed by atoms with Gasteiger partial charge in [-0.25, -0.2) is 14.5 Å². The molecule has 0 aliphatic carbocycles. The first-order chi connectivity index (χ1) is 24.2. The van der Waals surface area contributed by atoms with Crippen LogP contribution in [-0.2, 0) is 14.3 Å². The SMILES string of the molecule is CCCOc1ccc(-c2nn(-c3ccccc3)cc2/C=c2/sc3n(c2=O)[C@@H](c2ccc(OC(C)=O)c(OC)c2)C(C(=O)OCC)=C(C)N=3)cc1. The van der Waals surface area contributed by atoms with Crippen LogP contribution in [0.3, 0.4) is 0 Å². The Kier molecular flexibility index (Phi) is 10.1. The molecule has 1 aliphatic rings. The predicted molar refractivity (Wildman–Crippen MR) is 189 cm³/mol. The Morgan fingerprint density at radius 2 is 1.76 bits per heavy atom. The van der Waals surface area contributed by atoms with Crippen LogP contribution in [0.2, 0.25) is 0 Å². The third-order valence-electron chi connectivity index (χ3n) is 7.92. The topological polar surface area (TPSA) is 123 Å². The molecular weight excluding hydrogens is 657 g/mol. The predicted octanol–water partition coefficient (Wildman–Crippen LogP) is 5.37. The van der Waals surface area contributed by atoms with Crippen molar-refractivity contribution < 1.29 is 28.5 Å². The Hall–Kier alpha value is -5.75. The van der Waals surface area contributed by atoms with Crippen molar-refractivity contribution in [3.63, 3.8) is 0 Å². The molecule has 5 aromatic rings. The smallest absolute Gasteiger partial charge is 0.338 e. The molecule has 1 atom stereocenters. The highest BCUT2D eigenvalue weighted by Crippen LogP contribution is 2.36. The highest BCUT2D eigenvalue weighted by Gasteiger charge is 2.34. The fraction of sp³-hybridized carbons (Fsp3) is 0.237. The fourth-order valence-electron chi connectivity index (χ4n) is 5.70. The molecule has 0 saturated carbocycles. The molecule has 0 unspecified atom stereocenters. The lowest BCUT2D eigenvalue weighted by molar-refractivity contribution is -0.139. The van der Waals surface area contributed by atoms with Crippen molar-refractivity contribution in [1.29, 1.82) is 0 Å². The van der Waals surface area contributed by atoms with Crippen molar-refractivity contribution in [2.24, 2.45) is 4.99 Å². The lowest BCUT2D eigenvalue weighted by Gasteiger charge is -2.25. The van der Waals surface area contributed by atoms with Crippen LogP contribution >= 0.6 is 11.3 Å². The van der Waals surface area contributed by atoms with Gasteiger partial charge in [0.05, 0.1) is 47.9 Å². The van der Waals surface area contributed by atoms with Gasteiger partial charge < -0.3 is 18.9 Å². The summed E-state index contributed by atoms with van der Waals surface area (Å²) >= 11 is 1.21. The molecule has 1 aliphatic heterocycles. The van der Waals surface area contributed by atoms with Gasteiger partial charge in [0, 0.05) is 24.2 Å². The van der Waals surface area contributed by atoms with Crippen LogP contribution in [0.25, 0.3) is 23.0 Å². The minimum Gasteiger partial charge on any atom is -0.494 e. The van der Waals surface area contributed by atoms with E-state index in [0.29, 0.717) is 38.5 Å². The molecule has 256 valence electrons. The first kappa shape index (κ1) is 34.1. The lowest BCUT2D eigenvalue weighted by atomic mass is 9.95. The van der Waals surface area contributed by atoms with Gasteiger partial charge >= 0.3 is 11.9 Å². The average Bonchev–Trinajstić information content (AvgIpc) is 3.67. The molecule has 0 spiro atoms. The lowest BCUT2D eigenvalue weighted by Crippen LogP contribution is -2.40. The summed E-state index contributed by atoms with van der Waals surface area (Å²) in [6, 6.07) is 21.5. The summed E-state index contributed by atoms with van der Waals surface area (Å²) in [5.41, 5.74) is 3.94. The highest BCUT2D eigenvalue weighted by atomic mass is 32.1. The van der Waals surface area contributed by atoms with E-state index in [4.69, 9.17) is 29.0 Å². The molecule has 0 N–H and O–H groups in total. The number of carbonyl (C=O) groups is 2. The van der Waals surface area contributed by atoms with E-state index in [-0.39, 0.29) is 29.2 Å². The Bertz CT molecular complexity index is 2270. The van der Waals surface area contributed by atoms with Crippen LogP contribution in [0.15, 0.2) is 100 Å². The van der Waals surface area contributed by atoms with Crippen LogP contribution in [0, 0.1) is 0 Å². The molecule has 12 heteroatoms. The third-order valence-corrected chi connectivity index (χ3v) is 8.91.